The molecule has 0 bridgehead atoms. The van der Waals surface area contributed by atoms with Crippen molar-refractivity contribution >= 4 is 23.5 Å². The van der Waals surface area contributed by atoms with Crippen LogP contribution >= 0.6 is 12.2 Å². The van der Waals surface area contributed by atoms with Gasteiger partial charge in [-0.25, -0.2) is 0 Å². The smallest absolute Gasteiger partial charge is 0.184 e. The van der Waals surface area contributed by atoms with Crippen molar-refractivity contribution < 1.29 is 9.47 Å². The summed E-state index contributed by atoms with van der Waals surface area (Å²) in [5, 5.41) is 4.05. The van der Waals surface area contributed by atoms with Crippen molar-refractivity contribution in [2.75, 3.05) is 7.11 Å². The van der Waals surface area contributed by atoms with E-state index in [0.717, 1.165) is 11.1 Å². The van der Waals surface area contributed by atoms with Crippen LogP contribution in [0, 0.1) is 6.92 Å². The Balaban J connectivity index is 2.14. The Labute approximate surface area is 141 Å². The van der Waals surface area contributed by atoms with Gasteiger partial charge in [0.1, 0.15) is 6.61 Å². The zero-order valence-electron chi connectivity index (χ0n) is 13.1. The molecule has 5 nitrogen and oxygen atoms in total. The molecule has 2 aromatic rings. The molecule has 0 heterocycles. The fraction of sp³-hybridized carbons (Fsp3) is 0.176. The van der Waals surface area contributed by atoms with Crippen molar-refractivity contribution in [2.24, 2.45) is 10.8 Å². The van der Waals surface area contributed by atoms with Crippen LogP contribution in [-0.4, -0.2) is 18.4 Å². The highest BCUT2D eigenvalue weighted by Gasteiger charge is 2.06. The molecule has 0 fully saturated rings. The Morgan fingerprint density at radius 3 is 2.74 bits per heavy atom. The van der Waals surface area contributed by atoms with Crippen molar-refractivity contribution in [1.82, 2.24) is 5.43 Å². The van der Waals surface area contributed by atoms with E-state index >= 15 is 0 Å². The molecule has 120 valence electrons. The van der Waals surface area contributed by atoms with Gasteiger partial charge in [0, 0.05) is 0 Å². The van der Waals surface area contributed by atoms with Crippen LogP contribution in [0.5, 0.6) is 11.5 Å². The first-order valence-corrected chi connectivity index (χ1v) is 7.45. The molecule has 0 aliphatic carbocycles. The number of rotatable bonds is 6. The van der Waals surface area contributed by atoms with Gasteiger partial charge in [-0.15, -0.1) is 0 Å². The number of nitrogens with two attached hydrogens (primary N) is 1. The van der Waals surface area contributed by atoms with Crippen LogP contribution in [0.2, 0.25) is 0 Å². The average molecular weight is 329 g/mol. The molecule has 0 atom stereocenters. The molecular formula is C17H19N3O2S. The van der Waals surface area contributed by atoms with Crippen LogP contribution in [-0.2, 0) is 6.61 Å². The van der Waals surface area contributed by atoms with Crippen LogP contribution < -0.4 is 20.6 Å². The SMILES string of the molecule is COc1ccc(C=NNC(N)=S)cc1OCc1ccccc1C. The standard InChI is InChI=1S/C17H19N3O2S/c1-12-5-3-4-6-14(12)11-22-16-9-13(7-8-15(16)21-2)10-19-20-17(18)23/h3-10H,11H2,1-2H3,(H3,18,20,23). The van der Waals surface area contributed by atoms with E-state index in [0.29, 0.717) is 18.1 Å². The lowest BCUT2D eigenvalue weighted by molar-refractivity contribution is 0.284. The molecule has 2 rings (SSSR count). The van der Waals surface area contributed by atoms with Crippen molar-refractivity contribution in [3.05, 3.63) is 59.2 Å². The molecule has 0 aromatic heterocycles. The maximum Gasteiger partial charge on any atom is 0.184 e. The second-order valence-electron chi connectivity index (χ2n) is 4.86. The van der Waals surface area contributed by atoms with Crippen LogP contribution in [0.3, 0.4) is 0 Å². The topological polar surface area (TPSA) is 68.9 Å². The highest BCUT2D eigenvalue weighted by atomic mass is 32.1. The Morgan fingerprint density at radius 1 is 1.26 bits per heavy atom. The quantitative estimate of drug-likeness (QED) is 0.484. The van der Waals surface area contributed by atoms with Crippen molar-refractivity contribution in [3.63, 3.8) is 0 Å². The molecule has 2 aromatic carbocycles. The van der Waals surface area contributed by atoms with E-state index in [1.165, 1.54) is 5.56 Å². The molecule has 3 N–H and O–H groups in total. The summed E-state index contributed by atoms with van der Waals surface area (Å²) in [6.07, 6.45) is 1.61. The number of nitrogens with one attached hydrogen (secondary N) is 1. The number of thiocarbonyl (C=S) groups is 1. The highest BCUT2D eigenvalue weighted by molar-refractivity contribution is 7.80. The summed E-state index contributed by atoms with van der Waals surface area (Å²) < 4.78 is 11.2. The molecule has 0 saturated carbocycles. The normalized spacial score (nSPS) is 10.5. The fourth-order valence-electron chi connectivity index (χ4n) is 1.98. The predicted molar refractivity (Wildman–Crippen MR) is 96.0 cm³/mol. The first-order chi connectivity index (χ1) is 11.1. The second kappa shape index (κ2) is 8.14. The molecule has 0 aliphatic heterocycles. The van der Waals surface area contributed by atoms with Gasteiger partial charge in [-0.05, 0) is 54.0 Å². The summed E-state index contributed by atoms with van der Waals surface area (Å²) in [7, 11) is 1.61. The van der Waals surface area contributed by atoms with Crippen LogP contribution in [0.1, 0.15) is 16.7 Å². The summed E-state index contributed by atoms with van der Waals surface area (Å²) >= 11 is 4.69. The molecule has 0 radical (unpaired) electrons. The highest BCUT2D eigenvalue weighted by Crippen LogP contribution is 2.28. The molecule has 6 heteroatoms. The van der Waals surface area contributed by atoms with Gasteiger partial charge < -0.3 is 15.2 Å². The van der Waals surface area contributed by atoms with E-state index in [1.807, 2.05) is 36.4 Å². The van der Waals surface area contributed by atoms with Gasteiger partial charge in [0.05, 0.1) is 13.3 Å². The summed E-state index contributed by atoms with van der Waals surface area (Å²) in [6, 6.07) is 13.6. The maximum atomic E-state index is 5.91. The maximum absolute atomic E-state index is 5.91. The average Bonchev–Trinajstić information content (AvgIpc) is 2.54. The molecule has 0 amide bonds. The number of hydrogen-bond acceptors (Lipinski definition) is 4. The Bertz CT molecular complexity index is 717. The van der Waals surface area contributed by atoms with Gasteiger partial charge in [0.15, 0.2) is 16.6 Å². The van der Waals surface area contributed by atoms with Gasteiger partial charge in [-0.3, -0.25) is 5.43 Å². The molecule has 23 heavy (non-hydrogen) atoms. The van der Waals surface area contributed by atoms with Gasteiger partial charge in [0.2, 0.25) is 0 Å². The summed E-state index contributed by atoms with van der Waals surface area (Å²) in [4.78, 5) is 0. The molecular weight excluding hydrogens is 310 g/mol. The van der Waals surface area contributed by atoms with Gasteiger partial charge in [-0.1, -0.05) is 24.3 Å². The zero-order chi connectivity index (χ0) is 16.7. The lowest BCUT2D eigenvalue weighted by atomic mass is 10.1. The number of hydrogen-bond donors (Lipinski definition) is 2. The summed E-state index contributed by atoms with van der Waals surface area (Å²) in [5.74, 6) is 1.31. The minimum atomic E-state index is 0.116. The molecule has 0 spiro atoms. The Kier molecular flexibility index (Phi) is 5.94. The first kappa shape index (κ1) is 16.8. The second-order valence-corrected chi connectivity index (χ2v) is 5.30. The minimum Gasteiger partial charge on any atom is -0.493 e. The lowest BCUT2D eigenvalue weighted by Gasteiger charge is -2.12. The van der Waals surface area contributed by atoms with Gasteiger partial charge in [-0.2, -0.15) is 5.10 Å². The molecule has 0 unspecified atom stereocenters. The molecule has 0 aliphatic rings. The van der Waals surface area contributed by atoms with Gasteiger partial charge in [0.25, 0.3) is 0 Å². The van der Waals surface area contributed by atoms with Crippen LogP contribution in [0.15, 0.2) is 47.6 Å². The third kappa shape index (κ3) is 4.96. The Hall–Kier alpha value is -2.60. The summed E-state index contributed by atoms with van der Waals surface area (Å²) in [6.45, 7) is 2.52. The number of hydrazone groups is 1. The van der Waals surface area contributed by atoms with E-state index < -0.39 is 0 Å². The number of methoxy groups -OCH3 is 1. The van der Waals surface area contributed by atoms with Crippen LogP contribution in [0.4, 0.5) is 0 Å². The zero-order valence-corrected chi connectivity index (χ0v) is 13.9. The van der Waals surface area contributed by atoms with Crippen molar-refractivity contribution in [3.8, 4) is 11.5 Å². The first-order valence-electron chi connectivity index (χ1n) is 7.04. The fourth-order valence-corrected chi connectivity index (χ4v) is 2.04. The predicted octanol–water partition coefficient (Wildman–Crippen LogP) is 2.75. The minimum absolute atomic E-state index is 0.116. The van der Waals surface area contributed by atoms with Crippen LogP contribution in [0.25, 0.3) is 0 Å². The lowest BCUT2D eigenvalue weighted by Crippen LogP contribution is -2.23. The number of benzene rings is 2. The van der Waals surface area contributed by atoms with Gasteiger partial charge >= 0.3 is 0 Å². The number of nitrogens with zero attached hydrogens (tertiary/aromatic N) is 1. The number of aryl methyl sites for hydroxylation is 1. The summed E-state index contributed by atoms with van der Waals surface area (Å²) in [5.41, 5.74) is 11.0. The van der Waals surface area contributed by atoms with Crippen molar-refractivity contribution in [1.29, 1.82) is 0 Å². The van der Waals surface area contributed by atoms with Crippen molar-refractivity contribution in [2.45, 2.75) is 13.5 Å². The van der Waals surface area contributed by atoms with E-state index in [4.69, 9.17) is 27.4 Å². The van der Waals surface area contributed by atoms with E-state index in [9.17, 15) is 0 Å². The van der Waals surface area contributed by atoms with E-state index in [-0.39, 0.29) is 5.11 Å². The van der Waals surface area contributed by atoms with E-state index in [2.05, 4.69) is 23.5 Å². The number of ether oxygens (including phenoxy) is 2. The molecule has 0 saturated heterocycles. The monoisotopic (exact) mass is 329 g/mol. The Morgan fingerprint density at radius 2 is 2.04 bits per heavy atom. The largest absolute Gasteiger partial charge is 0.493 e. The third-order valence-corrected chi connectivity index (χ3v) is 3.31. The van der Waals surface area contributed by atoms with E-state index in [1.54, 1.807) is 13.3 Å². The third-order valence-electron chi connectivity index (χ3n) is 3.22.